The Labute approximate surface area is 220 Å². The summed E-state index contributed by atoms with van der Waals surface area (Å²) in [5.74, 6) is -0.778. The predicted molar refractivity (Wildman–Crippen MR) is 141 cm³/mol. The van der Waals surface area contributed by atoms with Gasteiger partial charge in [0, 0.05) is 18.2 Å². The van der Waals surface area contributed by atoms with Gasteiger partial charge in [-0.15, -0.1) is 5.11 Å². The number of phenolic OH excluding ortho intramolecular Hbond substituents is 1. The normalized spacial score (nSPS) is 13.7. The number of carbonyl (C=O) groups excluding carboxylic acids is 3. The van der Waals surface area contributed by atoms with Crippen molar-refractivity contribution >= 4 is 36.2 Å². The van der Waals surface area contributed by atoms with Gasteiger partial charge in [-0.2, -0.15) is 12.6 Å². The minimum Gasteiger partial charge on any atom is -0.508 e. The van der Waals surface area contributed by atoms with Crippen LogP contribution in [0.2, 0.25) is 0 Å². The number of ether oxygens (including phenoxy) is 1. The average molecular weight is 532 g/mol. The number of benzene rings is 2. The van der Waals surface area contributed by atoms with Crippen molar-refractivity contribution in [2.24, 2.45) is 21.7 Å². The highest BCUT2D eigenvalue weighted by Crippen LogP contribution is 2.15. The first-order valence-corrected chi connectivity index (χ1v) is 12.1. The maximum absolute atomic E-state index is 13.3. The number of hydrogen-bond acceptors (Lipinski definition) is 10. The van der Waals surface area contributed by atoms with Gasteiger partial charge in [-0.3, -0.25) is 10.1 Å². The molecule has 0 heterocycles. The molecule has 0 spiro atoms. The van der Waals surface area contributed by atoms with E-state index in [9.17, 15) is 19.5 Å². The van der Waals surface area contributed by atoms with Crippen LogP contribution in [0, 0.1) is 0 Å². The number of azo groups is 1. The largest absolute Gasteiger partial charge is 0.508 e. The first-order chi connectivity index (χ1) is 17.7. The molecule has 0 bridgehead atoms. The van der Waals surface area contributed by atoms with Crippen LogP contribution in [0.15, 0.2) is 58.8 Å². The third-order valence-corrected chi connectivity index (χ3v) is 5.73. The van der Waals surface area contributed by atoms with Crippen LogP contribution in [-0.2, 0) is 26.5 Å². The number of amides is 3. The number of aromatic hydroxyl groups is 1. The molecule has 0 aromatic heterocycles. The second kappa shape index (κ2) is 14.9. The molecule has 0 saturated carbocycles. The predicted octanol–water partition coefficient (Wildman–Crippen LogP) is 1.45. The van der Waals surface area contributed by atoms with E-state index in [0.29, 0.717) is 23.4 Å². The third-order valence-electron chi connectivity index (χ3n) is 5.37. The Morgan fingerprint density at radius 1 is 1.03 bits per heavy atom. The Kier molecular flexibility index (Phi) is 12.0. The fourth-order valence-corrected chi connectivity index (χ4v) is 3.64. The summed E-state index contributed by atoms with van der Waals surface area (Å²) < 4.78 is 4.85. The van der Waals surface area contributed by atoms with Gasteiger partial charge in [0.1, 0.15) is 24.1 Å². The summed E-state index contributed by atoms with van der Waals surface area (Å²) >= 11 is 4.19. The van der Waals surface area contributed by atoms with Crippen LogP contribution >= 0.6 is 12.6 Å². The van der Waals surface area contributed by atoms with Gasteiger partial charge in [0.25, 0.3) is 0 Å². The highest BCUT2D eigenvalue weighted by atomic mass is 32.1. The molecular formula is C24H33N7O5S. The Balaban J connectivity index is 2.24. The zero-order chi connectivity index (χ0) is 27.4. The molecule has 0 aliphatic carbocycles. The molecule has 3 atom stereocenters. The molecule has 2 rings (SSSR count). The van der Waals surface area contributed by atoms with Gasteiger partial charge in [0.15, 0.2) is 0 Å². The summed E-state index contributed by atoms with van der Waals surface area (Å²) in [5.41, 5.74) is 13.3. The number of rotatable bonds is 12. The molecular weight excluding hydrogens is 498 g/mol. The van der Waals surface area contributed by atoms with E-state index < -0.39 is 42.3 Å². The minimum atomic E-state index is -1.14. The maximum Gasteiger partial charge on any atom is 0.360 e. The lowest BCUT2D eigenvalue weighted by atomic mass is 10.0. The van der Waals surface area contributed by atoms with E-state index >= 15 is 0 Å². The highest BCUT2D eigenvalue weighted by molar-refractivity contribution is 7.79. The van der Waals surface area contributed by atoms with Gasteiger partial charge in [0.2, 0.25) is 5.91 Å². The van der Waals surface area contributed by atoms with Crippen molar-refractivity contribution in [1.82, 2.24) is 16.0 Å². The summed E-state index contributed by atoms with van der Waals surface area (Å²) in [5, 5.41) is 25.1. The number of methoxy groups -OCH3 is 1. The average Bonchev–Trinajstić information content (AvgIpc) is 2.89. The molecule has 37 heavy (non-hydrogen) atoms. The van der Waals surface area contributed by atoms with Gasteiger partial charge < -0.3 is 31.9 Å². The fraction of sp³-hybridized carbons (Fsp3) is 0.375. The number of nitrogens with two attached hydrogens (primary N) is 2. The summed E-state index contributed by atoms with van der Waals surface area (Å²) in [6.45, 7) is 1.78. The van der Waals surface area contributed by atoms with Crippen molar-refractivity contribution in [1.29, 1.82) is 0 Å². The zero-order valence-corrected chi connectivity index (χ0v) is 21.5. The van der Waals surface area contributed by atoms with Gasteiger partial charge in [-0.1, -0.05) is 36.3 Å². The van der Waals surface area contributed by atoms with E-state index in [1.807, 2.05) is 0 Å². The van der Waals surface area contributed by atoms with Crippen molar-refractivity contribution in [2.75, 3.05) is 7.11 Å². The summed E-state index contributed by atoms with van der Waals surface area (Å²) in [4.78, 5) is 38.3. The number of esters is 1. The van der Waals surface area contributed by atoms with E-state index in [1.165, 1.54) is 19.2 Å². The van der Waals surface area contributed by atoms with Crippen LogP contribution in [0.1, 0.15) is 24.5 Å². The van der Waals surface area contributed by atoms with E-state index in [-0.39, 0.29) is 12.2 Å². The second-order valence-electron chi connectivity index (χ2n) is 8.11. The highest BCUT2D eigenvalue weighted by Gasteiger charge is 2.33. The maximum atomic E-state index is 13.3. The summed E-state index contributed by atoms with van der Waals surface area (Å²) in [7, 11) is 1.19. The number of phenols is 1. The van der Waals surface area contributed by atoms with Crippen LogP contribution in [0.3, 0.4) is 0 Å². The first kappa shape index (κ1) is 29.7. The molecule has 3 amide bonds. The molecule has 0 aliphatic rings. The molecule has 0 fully saturated rings. The molecule has 0 radical (unpaired) electrons. The standard InChI is InChI=1S/C24H33N7O5S/c1-3-18(27-23(25)26)20(22(34)36-2)29-21(33)19(12-14-6-10-17(32)11-7-14)28-24(35)31-30-16-8-4-15(13-37)5-9-16/h4-11,18-20,23,27,32,37H,3,12-13,25-26H2,1-2H3,(H,28,35)(H,29,33)/b31-30+. The Bertz CT molecular complexity index is 1060. The first-order valence-electron chi connectivity index (χ1n) is 11.5. The smallest absolute Gasteiger partial charge is 0.360 e. The minimum absolute atomic E-state index is 0.0402. The summed E-state index contributed by atoms with van der Waals surface area (Å²) in [6.07, 6.45) is -0.512. The fourth-order valence-electron chi connectivity index (χ4n) is 3.43. The van der Waals surface area contributed by atoms with Gasteiger partial charge >= 0.3 is 12.0 Å². The Hall–Kier alpha value is -3.52. The van der Waals surface area contributed by atoms with Crippen LogP contribution in [-0.4, -0.2) is 54.5 Å². The lowest BCUT2D eigenvalue weighted by molar-refractivity contribution is -0.146. The van der Waals surface area contributed by atoms with Crippen LogP contribution in [0.5, 0.6) is 5.75 Å². The molecule has 12 nitrogen and oxygen atoms in total. The SMILES string of the molecule is CCC(NC(N)N)C(NC(=O)C(Cc1ccc(O)cc1)NC(=O)/N=N/c1ccc(CS)cc1)C(=O)OC. The van der Waals surface area contributed by atoms with Crippen molar-refractivity contribution in [3.05, 3.63) is 59.7 Å². The monoisotopic (exact) mass is 531 g/mol. The number of carbonyl (C=O) groups is 3. The third kappa shape index (κ3) is 9.80. The van der Waals surface area contributed by atoms with E-state index in [2.05, 4.69) is 38.8 Å². The number of thiol groups is 1. The summed E-state index contributed by atoms with van der Waals surface area (Å²) in [6, 6.07) is 9.33. The van der Waals surface area contributed by atoms with E-state index in [1.54, 1.807) is 43.3 Å². The van der Waals surface area contributed by atoms with Crippen LogP contribution < -0.4 is 27.4 Å². The van der Waals surface area contributed by atoms with Crippen molar-refractivity contribution in [3.63, 3.8) is 0 Å². The van der Waals surface area contributed by atoms with Crippen molar-refractivity contribution in [2.45, 2.75) is 49.9 Å². The molecule has 0 saturated heterocycles. The Morgan fingerprint density at radius 3 is 2.19 bits per heavy atom. The number of urea groups is 1. The molecule has 2 aromatic rings. The Morgan fingerprint density at radius 2 is 1.65 bits per heavy atom. The van der Waals surface area contributed by atoms with Crippen LogP contribution in [0.4, 0.5) is 10.5 Å². The molecule has 2 aromatic carbocycles. The molecule has 0 aliphatic heterocycles. The topological polar surface area (TPSA) is 194 Å². The van der Waals surface area contributed by atoms with E-state index in [0.717, 1.165) is 5.56 Å². The zero-order valence-electron chi connectivity index (χ0n) is 20.6. The molecule has 3 unspecified atom stereocenters. The lowest BCUT2D eigenvalue weighted by Gasteiger charge is -2.29. The van der Waals surface area contributed by atoms with Gasteiger partial charge in [-0.05, 0) is 41.8 Å². The number of nitrogens with zero attached hydrogens (tertiary/aromatic N) is 2. The van der Waals surface area contributed by atoms with E-state index in [4.69, 9.17) is 16.2 Å². The second-order valence-corrected chi connectivity index (χ2v) is 8.43. The molecule has 13 heteroatoms. The van der Waals surface area contributed by atoms with Gasteiger partial charge in [-0.25, -0.2) is 9.59 Å². The number of nitrogens with one attached hydrogen (secondary N) is 3. The molecule has 8 N–H and O–H groups in total. The molecule has 200 valence electrons. The van der Waals surface area contributed by atoms with Crippen LogP contribution in [0.25, 0.3) is 0 Å². The number of hydrogen-bond donors (Lipinski definition) is 7. The van der Waals surface area contributed by atoms with Crippen molar-refractivity contribution < 1.29 is 24.2 Å². The lowest BCUT2D eigenvalue weighted by Crippen LogP contribution is -2.62. The van der Waals surface area contributed by atoms with Crippen molar-refractivity contribution in [3.8, 4) is 5.75 Å². The quantitative estimate of drug-likeness (QED) is 0.0925. The van der Waals surface area contributed by atoms with Gasteiger partial charge in [0.05, 0.1) is 12.8 Å².